The lowest BCUT2D eigenvalue weighted by atomic mass is 10.2. The number of carboxylic acid groups (broad SMARTS) is 2. The molecule has 1 rings (SSSR count). The monoisotopic (exact) mass is 318 g/mol. The molecule has 1 aromatic rings. The molecule has 0 aromatic heterocycles. The molecule has 0 spiro atoms. The first kappa shape index (κ1) is 19.5. The van der Waals surface area contributed by atoms with E-state index < -0.39 is 23.9 Å². The number of esters is 2. The van der Waals surface area contributed by atoms with Crippen LogP contribution in [0.5, 0.6) is 0 Å². The van der Waals surface area contributed by atoms with Crippen molar-refractivity contribution < 1.29 is 34.1 Å². The van der Waals surface area contributed by atoms with Crippen LogP contribution in [0.2, 0.25) is 0 Å². The van der Waals surface area contributed by atoms with Crippen LogP contribution in [0, 0.1) is 0 Å². The normalized spacial score (nSPS) is 9.74. The molecular weight excluding hydrogens is 304 g/mol. The molecule has 0 heterocycles. The molecule has 0 unspecified atom stereocenters. The Hall–Kier alpha value is -3.48. The summed E-state index contributed by atoms with van der Waals surface area (Å²) in [7, 11) is 0. The largest absolute Gasteiger partial charge is 0.478 e. The predicted molar refractivity (Wildman–Crippen MR) is 81.2 cm³/mol. The van der Waals surface area contributed by atoms with E-state index in [1.165, 1.54) is 5.56 Å². The zero-order chi connectivity index (χ0) is 17.7. The number of aliphatic carboxylic acids is 2. The lowest BCUT2D eigenvalue weighted by Gasteiger charge is -1.92. The first-order chi connectivity index (χ1) is 10.8. The summed E-state index contributed by atoms with van der Waals surface area (Å²) in [5, 5.41) is 16.2. The molecule has 0 aliphatic heterocycles. The second-order valence-corrected chi connectivity index (χ2v) is 3.70. The molecule has 23 heavy (non-hydrogen) atoms. The van der Waals surface area contributed by atoms with E-state index in [4.69, 9.17) is 10.2 Å². The number of hydrogen-bond donors (Lipinski definition) is 2. The van der Waals surface area contributed by atoms with Crippen molar-refractivity contribution in [2.75, 3.05) is 0 Å². The molecule has 0 aliphatic carbocycles. The third-order valence-electron chi connectivity index (χ3n) is 1.96. The topological polar surface area (TPSA) is 118 Å². The van der Waals surface area contributed by atoms with Crippen molar-refractivity contribution in [1.29, 1.82) is 0 Å². The Morgan fingerprint density at radius 3 is 1.57 bits per heavy atom. The Morgan fingerprint density at radius 1 is 0.826 bits per heavy atom. The van der Waals surface area contributed by atoms with E-state index in [1.54, 1.807) is 0 Å². The zero-order valence-electron chi connectivity index (χ0n) is 11.9. The van der Waals surface area contributed by atoms with E-state index in [0.29, 0.717) is 24.3 Å². The number of hydrogen-bond acceptors (Lipinski definition) is 5. The molecule has 7 nitrogen and oxygen atoms in total. The Morgan fingerprint density at radius 2 is 1.26 bits per heavy atom. The molecule has 0 saturated heterocycles. The molecule has 120 valence electrons. The van der Waals surface area contributed by atoms with Crippen molar-refractivity contribution in [1.82, 2.24) is 0 Å². The van der Waals surface area contributed by atoms with E-state index in [1.807, 2.05) is 36.4 Å². The molecule has 7 heteroatoms. The van der Waals surface area contributed by atoms with E-state index in [0.717, 1.165) is 0 Å². The van der Waals surface area contributed by atoms with Gasteiger partial charge in [-0.05, 0) is 5.56 Å². The summed E-state index contributed by atoms with van der Waals surface area (Å²) >= 11 is 0. The highest BCUT2D eigenvalue weighted by molar-refractivity contribution is 6.00. The van der Waals surface area contributed by atoms with Gasteiger partial charge >= 0.3 is 23.9 Å². The van der Waals surface area contributed by atoms with Crippen molar-refractivity contribution >= 4 is 30.0 Å². The number of benzene rings is 1. The summed E-state index contributed by atoms with van der Waals surface area (Å²) in [6, 6.07) is 10.0. The molecule has 0 radical (unpaired) electrons. The fourth-order valence-corrected chi connectivity index (χ4v) is 1.03. The first-order valence-corrected chi connectivity index (χ1v) is 6.10. The Balaban J connectivity index is 0.000000502. The minimum atomic E-state index is -1.37. The van der Waals surface area contributed by atoms with Crippen LogP contribution in [0.3, 0.4) is 0 Å². The van der Waals surface area contributed by atoms with Gasteiger partial charge in [0.05, 0.1) is 0 Å². The highest BCUT2D eigenvalue weighted by atomic mass is 16.6. The summed E-state index contributed by atoms with van der Waals surface area (Å²) < 4.78 is 3.97. The van der Waals surface area contributed by atoms with Crippen LogP contribution in [0.25, 0.3) is 6.08 Å². The Bertz CT molecular complexity index is 593. The van der Waals surface area contributed by atoms with E-state index in [2.05, 4.69) is 11.3 Å². The van der Waals surface area contributed by atoms with Crippen LogP contribution in [0.4, 0.5) is 0 Å². The van der Waals surface area contributed by atoms with Crippen LogP contribution >= 0.6 is 0 Å². The average Bonchev–Trinajstić information content (AvgIpc) is 2.52. The molecular formula is C16H14O7. The average molecular weight is 318 g/mol. The summed E-state index contributed by atoms with van der Waals surface area (Å²) in [4.78, 5) is 41.1. The lowest BCUT2D eigenvalue weighted by molar-refractivity contribution is -0.153. The molecule has 0 bridgehead atoms. The number of ether oxygens (including phenoxy) is 1. The third-order valence-corrected chi connectivity index (χ3v) is 1.96. The summed E-state index contributed by atoms with van der Waals surface area (Å²) in [5.74, 6) is -5.14. The van der Waals surface area contributed by atoms with Crippen LogP contribution in [0.1, 0.15) is 5.56 Å². The quantitative estimate of drug-likeness (QED) is 0.481. The van der Waals surface area contributed by atoms with Gasteiger partial charge in [-0.25, -0.2) is 19.2 Å². The van der Waals surface area contributed by atoms with Gasteiger partial charge in [0.1, 0.15) is 0 Å². The van der Waals surface area contributed by atoms with Gasteiger partial charge in [-0.15, -0.1) is 0 Å². The highest BCUT2D eigenvalue weighted by Gasteiger charge is 2.04. The standard InChI is InChI=1S/C8H6O7.C8H8/c9-5(10)1-3-7(13)15-8(14)4-2-6(11)12;1-2-8-6-4-3-5-7-8/h1-4H,(H,9,10)(H,11,12);2-7H,1H2/b3-1-,4-2-;. The molecule has 0 amide bonds. The molecule has 0 atom stereocenters. The lowest BCUT2D eigenvalue weighted by Crippen LogP contribution is -2.08. The SMILES string of the molecule is C=Cc1ccccc1.O=C(O)/C=C\C(=O)OC(=O)/C=C\C(=O)O. The number of rotatable bonds is 5. The highest BCUT2D eigenvalue weighted by Crippen LogP contribution is 1.97. The van der Waals surface area contributed by atoms with Gasteiger partial charge in [-0.3, -0.25) is 0 Å². The molecule has 0 fully saturated rings. The number of carbonyl (C=O) groups excluding carboxylic acids is 2. The molecule has 1 aromatic carbocycles. The Kier molecular flexibility index (Phi) is 9.51. The van der Waals surface area contributed by atoms with Gasteiger partial charge in [0.15, 0.2) is 0 Å². The summed E-state index contributed by atoms with van der Waals surface area (Å²) in [6.45, 7) is 3.63. The number of carboxylic acids is 2. The molecule has 2 N–H and O–H groups in total. The minimum Gasteiger partial charge on any atom is -0.478 e. The maximum absolute atomic E-state index is 10.6. The maximum atomic E-state index is 10.6. The second kappa shape index (κ2) is 11.2. The fraction of sp³-hybridized carbons (Fsp3) is 0. The van der Waals surface area contributed by atoms with E-state index >= 15 is 0 Å². The van der Waals surface area contributed by atoms with Crippen molar-refractivity contribution in [3.8, 4) is 0 Å². The Labute approximate surface area is 131 Å². The number of carbonyl (C=O) groups is 4. The van der Waals surface area contributed by atoms with E-state index in [9.17, 15) is 19.2 Å². The van der Waals surface area contributed by atoms with Gasteiger partial charge in [-0.2, -0.15) is 0 Å². The van der Waals surface area contributed by atoms with Gasteiger partial charge in [0, 0.05) is 24.3 Å². The van der Waals surface area contributed by atoms with Crippen molar-refractivity contribution in [3.05, 3.63) is 66.8 Å². The molecule has 0 aliphatic rings. The van der Waals surface area contributed by atoms with Crippen molar-refractivity contribution in [2.45, 2.75) is 0 Å². The van der Waals surface area contributed by atoms with Crippen LogP contribution in [-0.4, -0.2) is 34.1 Å². The van der Waals surface area contributed by atoms with Crippen molar-refractivity contribution in [3.63, 3.8) is 0 Å². The first-order valence-electron chi connectivity index (χ1n) is 6.10. The maximum Gasteiger partial charge on any atom is 0.338 e. The van der Waals surface area contributed by atoms with Crippen molar-refractivity contribution in [2.24, 2.45) is 0 Å². The van der Waals surface area contributed by atoms with Gasteiger partial charge in [0.25, 0.3) is 0 Å². The van der Waals surface area contributed by atoms with Gasteiger partial charge in [0.2, 0.25) is 0 Å². The smallest absolute Gasteiger partial charge is 0.338 e. The van der Waals surface area contributed by atoms with E-state index in [-0.39, 0.29) is 0 Å². The van der Waals surface area contributed by atoms with Crippen LogP contribution in [0.15, 0.2) is 61.2 Å². The summed E-state index contributed by atoms with van der Waals surface area (Å²) in [5.41, 5.74) is 1.17. The fourth-order valence-electron chi connectivity index (χ4n) is 1.03. The summed E-state index contributed by atoms with van der Waals surface area (Å²) in [6.07, 6.45) is 3.84. The third kappa shape index (κ3) is 12.0. The zero-order valence-corrected chi connectivity index (χ0v) is 11.9. The van der Waals surface area contributed by atoms with Crippen LogP contribution in [-0.2, 0) is 23.9 Å². The van der Waals surface area contributed by atoms with Gasteiger partial charge < -0.3 is 14.9 Å². The minimum absolute atomic E-state index is 0.483. The molecule has 0 saturated carbocycles. The second-order valence-electron chi connectivity index (χ2n) is 3.70. The van der Waals surface area contributed by atoms with Gasteiger partial charge in [-0.1, -0.05) is 43.0 Å². The van der Waals surface area contributed by atoms with Crippen LogP contribution < -0.4 is 0 Å². The predicted octanol–water partition coefficient (Wildman–Crippen LogP) is 1.67.